The van der Waals surface area contributed by atoms with E-state index in [2.05, 4.69) is 15.6 Å². The van der Waals surface area contributed by atoms with E-state index in [1.54, 1.807) is 30.3 Å². The van der Waals surface area contributed by atoms with Crippen molar-refractivity contribution in [3.05, 3.63) is 83.9 Å². The fraction of sp³-hybridized carbons (Fsp3) is 0.0526. The molecule has 0 saturated carbocycles. The molecule has 1 aromatic heterocycles. The van der Waals surface area contributed by atoms with E-state index in [4.69, 9.17) is 0 Å². The van der Waals surface area contributed by atoms with Crippen molar-refractivity contribution in [1.29, 1.82) is 0 Å². The fourth-order valence-electron chi connectivity index (χ4n) is 2.22. The van der Waals surface area contributed by atoms with Gasteiger partial charge in [0.05, 0.1) is 17.6 Å². The number of hydrogen-bond donors (Lipinski definition) is 2. The zero-order valence-corrected chi connectivity index (χ0v) is 13.1. The van der Waals surface area contributed by atoms with Gasteiger partial charge in [0.2, 0.25) is 0 Å². The van der Waals surface area contributed by atoms with Crippen molar-refractivity contribution in [3.8, 4) is 0 Å². The quantitative estimate of drug-likeness (QED) is 0.742. The molecule has 120 valence electrons. The number of halogens is 1. The molecule has 24 heavy (non-hydrogen) atoms. The lowest BCUT2D eigenvalue weighted by molar-refractivity contribution is 0.102. The third kappa shape index (κ3) is 3.57. The van der Waals surface area contributed by atoms with Gasteiger partial charge in [0.1, 0.15) is 11.5 Å². The van der Waals surface area contributed by atoms with Gasteiger partial charge in [-0.25, -0.2) is 9.37 Å². The van der Waals surface area contributed by atoms with Crippen LogP contribution >= 0.6 is 0 Å². The highest BCUT2D eigenvalue weighted by Gasteiger charge is 2.09. The summed E-state index contributed by atoms with van der Waals surface area (Å²) in [6.45, 7) is 1.92. The number of aromatic nitrogens is 1. The summed E-state index contributed by atoms with van der Waals surface area (Å²) in [7, 11) is 0. The maximum Gasteiger partial charge on any atom is 0.274 e. The molecule has 0 spiro atoms. The number of nitrogens with one attached hydrogen (secondary N) is 2. The Balaban J connectivity index is 1.71. The van der Waals surface area contributed by atoms with Crippen molar-refractivity contribution in [1.82, 2.24) is 4.98 Å². The number of carbonyl (C=O) groups excluding carboxylic acids is 1. The Morgan fingerprint density at radius 2 is 1.67 bits per heavy atom. The van der Waals surface area contributed by atoms with Gasteiger partial charge in [-0.05, 0) is 42.8 Å². The van der Waals surface area contributed by atoms with Crippen LogP contribution in [0.25, 0.3) is 0 Å². The molecule has 0 aliphatic heterocycles. The number of aryl methyl sites for hydroxylation is 1. The molecule has 0 fully saturated rings. The van der Waals surface area contributed by atoms with Crippen LogP contribution in [-0.2, 0) is 0 Å². The second-order valence-electron chi connectivity index (χ2n) is 5.31. The molecule has 0 saturated heterocycles. The smallest absolute Gasteiger partial charge is 0.274 e. The lowest BCUT2D eigenvalue weighted by Gasteiger charge is -2.09. The lowest BCUT2D eigenvalue weighted by Crippen LogP contribution is -2.14. The zero-order valence-electron chi connectivity index (χ0n) is 13.1. The number of rotatable bonds is 4. The monoisotopic (exact) mass is 321 g/mol. The summed E-state index contributed by atoms with van der Waals surface area (Å²) in [5.74, 6) is -0.638. The molecular weight excluding hydrogens is 305 g/mol. The van der Waals surface area contributed by atoms with E-state index < -0.39 is 0 Å². The largest absolute Gasteiger partial charge is 0.352 e. The van der Waals surface area contributed by atoms with Crippen LogP contribution < -0.4 is 10.6 Å². The fourth-order valence-corrected chi connectivity index (χ4v) is 2.22. The van der Waals surface area contributed by atoms with Gasteiger partial charge < -0.3 is 10.6 Å². The van der Waals surface area contributed by atoms with Gasteiger partial charge in [0, 0.05) is 5.69 Å². The van der Waals surface area contributed by atoms with Crippen LogP contribution in [0, 0.1) is 12.7 Å². The first-order valence-corrected chi connectivity index (χ1v) is 7.48. The average Bonchev–Trinajstić information content (AvgIpc) is 2.59. The number of benzene rings is 2. The topological polar surface area (TPSA) is 54.0 Å². The van der Waals surface area contributed by atoms with E-state index >= 15 is 0 Å². The summed E-state index contributed by atoms with van der Waals surface area (Å²) in [5, 5.41) is 5.75. The first-order chi connectivity index (χ1) is 11.6. The molecule has 0 aliphatic carbocycles. The number of para-hydroxylation sites is 2. The van der Waals surface area contributed by atoms with Crippen LogP contribution in [0.3, 0.4) is 0 Å². The van der Waals surface area contributed by atoms with E-state index in [9.17, 15) is 9.18 Å². The first-order valence-electron chi connectivity index (χ1n) is 7.48. The molecule has 1 amide bonds. The van der Waals surface area contributed by atoms with Crippen LogP contribution in [0.4, 0.5) is 21.5 Å². The normalized spacial score (nSPS) is 10.2. The highest BCUT2D eigenvalue weighted by atomic mass is 19.1. The number of carbonyl (C=O) groups is 1. The molecule has 0 radical (unpaired) electrons. The second-order valence-corrected chi connectivity index (χ2v) is 5.31. The van der Waals surface area contributed by atoms with Crippen molar-refractivity contribution in [2.45, 2.75) is 6.92 Å². The van der Waals surface area contributed by atoms with Gasteiger partial charge in [0.25, 0.3) is 5.91 Å². The minimum absolute atomic E-state index is 0.289. The Bertz CT molecular complexity index is 862. The highest BCUT2D eigenvalue weighted by molar-refractivity contribution is 6.03. The standard InChI is InChI=1S/C19H16FN3O/c1-13-6-2-4-8-16(13)23-19(24)18-11-10-14(12-21-18)22-17-9-5-3-7-15(17)20/h2-12,22H,1H3,(H,23,24). The van der Waals surface area contributed by atoms with Crippen LogP contribution in [0.1, 0.15) is 16.1 Å². The summed E-state index contributed by atoms with van der Waals surface area (Å²) in [6.07, 6.45) is 1.50. The van der Waals surface area contributed by atoms with E-state index in [1.165, 1.54) is 12.3 Å². The highest BCUT2D eigenvalue weighted by Crippen LogP contribution is 2.19. The van der Waals surface area contributed by atoms with Gasteiger partial charge in [-0.3, -0.25) is 4.79 Å². The molecule has 0 atom stereocenters. The number of amides is 1. The van der Waals surface area contributed by atoms with Crippen LogP contribution in [0.5, 0.6) is 0 Å². The molecule has 0 unspecified atom stereocenters. The Labute approximate surface area is 139 Å². The van der Waals surface area contributed by atoms with Crippen molar-refractivity contribution >= 4 is 23.0 Å². The zero-order chi connectivity index (χ0) is 16.9. The number of nitrogens with zero attached hydrogens (tertiary/aromatic N) is 1. The Kier molecular flexibility index (Phi) is 4.52. The van der Waals surface area contributed by atoms with Gasteiger partial charge in [0.15, 0.2) is 0 Å². The van der Waals surface area contributed by atoms with E-state index in [0.29, 0.717) is 11.4 Å². The summed E-state index contributed by atoms with van der Waals surface area (Å²) in [6, 6.07) is 17.2. The van der Waals surface area contributed by atoms with Crippen molar-refractivity contribution < 1.29 is 9.18 Å². The van der Waals surface area contributed by atoms with E-state index in [1.807, 2.05) is 31.2 Å². The molecule has 3 rings (SSSR count). The van der Waals surface area contributed by atoms with Crippen LogP contribution in [0.15, 0.2) is 66.9 Å². The van der Waals surface area contributed by atoms with E-state index in [-0.39, 0.29) is 17.4 Å². The molecular formula is C19H16FN3O. The molecule has 5 heteroatoms. The molecule has 3 aromatic rings. The summed E-state index contributed by atoms with van der Waals surface area (Å²) in [5.41, 5.74) is 2.97. The summed E-state index contributed by atoms with van der Waals surface area (Å²) < 4.78 is 13.6. The van der Waals surface area contributed by atoms with Gasteiger partial charge in [-0.1, -0.05) is 30.3 Å². The summed E-state index contributed by atoms with van der Waals surface area (Å²) in [4.78, 5) is 16.4. The third-order valence-electron chi connectivity index (χ3n) is 3.54. The number of hydrogen-bond acceptors (Lipinski definition) is 3. The lowest BCUT2D eigenvalue weighted by atomic mass is 10.2. The third-order valence-corrected chi connectivity index (χ3v) is 3.54. The minimum Gasteiger partial charge on any atom is -0.352 e. The number of anilines is 3. The minimum atomic E-state index is -0.348. The average molecular weight is 321 g/mol. The first kappa shape index (κ1) is 15.7. The maximum atomic E-state index is 13.6. The molecule has 4 nitrogen and oxygen atoms in total. The van der Waals surface area contributed by atoms with Gasteiger partial charge in [-0.2, -0.15) is 0 Å². The van der Waals surface area contributed by atoms with Gasteiger partial charge in [-0.15, -0.1) is 0 Å². The van der Waals surface area contributed by atoms with Crippen molar-refractivity contribution in [3.63, 3.8) is 0 Å². The molecule has 1 heterocycles. The second kappa shape index (κ2) is 6.91. The molecule has 2 N–H and O–H groups in total. The molecule has 2 aromatic carbocycles. The SMILES string of the molecule is Cc1ccccc1NC(=O)c1ccc(Nc2ccccc2F)cn1. The maximum absolute atomic E-state index is 13.6. The Morgan fingerprint density at radius 3 is 2.33 bits per heavy atom. The Hall–Kier alpha value is -3.21. The van der Waals surface area contributed by atoms with Crippen molar-refractivity contribution in [2.75, 3.05) is 10.6 Å². The predicted octanol–water partition coefficient (Wildman–Crippen LogP) is 4.53. The molecule has 0 bridgehead atoms. The van der Waals surface area contributed by atoms with Gasteiger partial charge >= 0.3 is 0 Å². The van der Waals surface area contributed by atoms with Crippen LogP contribution in [-0.4, -0.2) is 10.9 Å². The number of pyridine rings is 1. The molecule has 0 aliphatic rings. The summed E-state index contributed by atoms with van der Waals surface area (Å²) >= 11 is 0. The van der Waals surface area contributed by atoms with Crippen molar-refractivity contribution in [2.24, 2.45) is 0 Å². The van der Waals surface area contributed by atoms with E-state index in [0.717, 1.165) is 11.3 Å². The Morgan fingerprint density at radius 1 is 0.958 bits per heavy atom. The van der Waals surface area contributed by atoms with Crippen LogP contribution in [0.2, 0.25) is 0 Å². The predicted molar refractivity (Wildman–Crippen MR) is 93.1 cm³/mol.